The number of aromatic nitrogens is 5. The molecule has 0 atom stereocenters. The fourth-order valence-corrected chi connectivity index (χ4v) is 3.98. The van der Waals surface area contributed by atoms with Gasteiger partial charge in [0.2, 0.25) is 5.95 Å². The predicted octanol–water partition coefficient (Wildman–Crippen LogP) is 3.67. The first-order valence-corrected chi connectivity index (χ1v) is 10.8. The molecule has 0 unspecified atom stereocenters. The molecule has 5 rings (SSSR count). The van der Waals surface area contributed by atoms with Crippen LogP contribution in [-0.2, 0) is 14.1 Å². The summed E-state index contributed by atoms with van der Waals surface area (Å²) in [6, 6.07) is 7.31. The molecule has 33 heavy (non-hydrogen) atoms. The van der Waals surface area contributed by atoms with Gasteiger partial charge in [0, 0.05) is 32.7 Å². The molecule has 1 fully saturated rings. The lowest BCUT2D eigenvalue weighted by Crippen LogP contribution is -2.20. The molecule has 0 aromatic carbocycles. The van der Waals surface area contributed by atoms with E-state index in [9.17, 15) is 4.79 Å². The molecular weight excluding hydrogens is 442 g/mol. The number of nitrogens with two attached hydrogens (primary N) is 1. The molecule has 0 amide bonds. The first kappa shape index (κ1) is 21.0. The smallest absolute Gasteiger partial charge is 0.274 e. The summed E-state index contributed by atoms with van der Waals surface area (Å²) in [7, 11) is 3.54. The number of rotatable bonds is 6. The van der Waals surface area contributed by atoms with Crippen LogP contribution in [0.2, 0.25) is 5.02 Å². The van der Waals surface area contributed by atoms with Crippen molar-refractivity contribution in [3.8, 4) is 5.75 Å². The van der Waals surface area contributed by atoms with E-state index in [2.05, 4.69) is 20.3 Å². The van der Waals surface area contributed by atoms with Crippen LogP contribution in [-0.4, -0.2) is 24.1 Å². The second-order valence-electron chi connectivity index (χ2n) is 7.95. The van der Waals surface area contributed by atoms with E-state index in [4.69, 9.17) is 22.1 Å². The van der Waals surface area contributed by atoms with Gasteiger partial charge in [0.1, 0.15) is 21.9 Å². The maximum atomic E-state index is 12.7. The van der Waals surface area contributed by atoms with Crippen molar-refractivity contribution in [1.29, 1.82) is 0 Å². The Morgan fingerprint density at radius 2 is 2.12 bits per heavy atom. The van der Waals surface area contributed by atoms with Crippen molar-refractivity contribution >= 4 is 40.2 Å². The SMILES string of the molecule is Cn1cc(C2CC2)cc(Nc2nc3ncc(OC(=CN)c4ccccn4)c(Cl)c3n2C)c1=O. The Kier molecular flexibility index (Phi) is 5.26. The summed E-state index contributed by atoms with van der Waals surface area (Å²) in [6.45, 7) is 0. The van der Waals surface area contributed by atoms with Gasteiger partial charge >= 0.3 is 0 Å². The summed E-state index contributed by atoms with van der Waals surface area (Å²) in [5.74, 6) is 1.62. The van der Waals surface area contributed by atoms with Crippen LogP contribution in [0.1, 0.15) is 30.0 Å². The Labute approximate surface area is 194 Å². The average molecular weight is 464 g/mol. The van der Waals surface area contributed by atoms with Gasteiger partial charge in [-0.1, -0.05) is 17.7 Å². The fraction of sp³-hybridized carbons (Fsp3) is 0.217. The van der Waals surface area contributed by atoms with Crippen molar-refractivity contribution in [2.75, 3.05) is 5.32 Å². The number of halogens is 1. The number of nitrogens with one attached hydrogen (secondary N) is 1. The van der Waals surface area contributed by atoms with Crippen molar-refractivity contribution in [3.63, 3.8) is 0 Å². The molecule has 4 aromatic rings. The topological polar surface area (TPSA) is 113 Å². The van der Waals surface area contributed by atoms with E-state index >= 15 is 0 Å². The highest BCUT2D eigenvalue weighted by molar-refractivity contribution is 6.36. The third-order valence-electron chi connectivity index (χ3n) is 5.59. The lowest BCUT2D eigenvalue weighted by atomic mass is 10.2. The van der Waals surface area contributed by atoms with Gasteiger partial charge in [-0.15, -0.1) is 0 Å². The molecule has 1 saturated carbocycles. The van der Waals surface area contributed by atoms with Crippen LogP contribution in [0.4, 0.5) is 11.6 Å². The van der Waals surface area contributed by atoms with Gasteiger partial charge in [0.25, 0.3) is 5.56 Å². The molecule has 0 saturated heterocycles. The number of anilines is 2. The lowest BCUT2D eigenvalue weighted by molar-refractivity contribution is 0.509. The molecule has 4 heterocycles. The second kappa shape index (κ2) is 8.25. The van der Waals surface area contributed by atoms with E-state index in [1.165, 1.54) is 12.4 Å². The first-order chi connectivity index (χ1) is 16.0. The number of imidazole rings is 1. The maximum Gasteiger partial charge on any atom is 0.274 e. The van der Waals surface area contributed by atoms with Crippen molar-refractivity contribution in [2.24, 2.45) is 19.8 Å². The molecule has 0 bridgehead atoms. The monoisotopic (exact) mass is 463 g/mol. The second-order valence-corrected chi connectivity index (χ2v) is 8.33. The molecule has 3 N–H and O–H groups in total. The largest absolute Gasteiger partial charge is 0.450 e. The quantitative estimate of drug-likeness (QED) is 0.419. The minimum absolute atomic E-state index is 0.136. The normalized spacial score (nSPS) is 14.0. The van der Waals surface area contributed by atoms with E-state index in [-0.39, 0.29) is 5.56 Å². The van der Waals surface area contributed by atoms with Crippen LogP contribution in [0.3, 0.4) is 0 Å². The lowest BCUT2D eigenvalue weighted by Gasteiger charge is -2.11. The zero-order chi connectivity index (χ0) is 23.1. The van der Waals surface area contributed by atoms with Crippen molar-refractivity contribution in [2.45, 2.75) is 18.8 Å². The zero-order valence-electron chi connectivity index (χ0n) is 18.1. The van der Waals surface area contributed by atoms with Crippen molar-refractivity contribution < 1.29 is 4.74 Å². The molecule has 168 valence electrons. The third kappa shape index (κ3) is 3.91. The minimum Gasteiger partial charge on any atom is -0.450 e. The van der Waals surface area contributed by atoms with Crippen LogP contribution in [0.15, 0.2) is 53.9 Å². The number of hydrogen-bond acceptors (Lipinski definition) is 7. The highest BCUT2D eigenvalue weighted by atomic mass is 35.5. The molecule has 9 nitrogen and oxygen atoms in total. The van der Waals surface area contributed by atoms with Crippen molar-refractivity contribution in [3.05, 3.63) is 75.7 Å². The standard InChI is InChI=1S/C23H22ClN7O2/c1-30-12-14(13-6-7-13)9-16(22(30)32)28-23-29-21-20(31(23)2)19(24)18(11-27-21)33-17(10-25)15-5-3-4-8-26-15/h3-5,8-13H,6-7,25H2,1-2H3,(H,27,28,29). The van der Waals surface area contributed by atoms with Gasteiger partial charge in [0.15, 0.2) is 17.2 Å². The zero-order valence-corrected chi connectivity index (χ0v) is 18.9. The predicted molar refractivity (Wildman–Crippen MR) is 127 cm³/mol. The van der Waals surface area contributed by atoms with E-state index < -0.39 is 0 Å². The van der Waals surface area contributed by atoms with Crippen LogP contribution < -0.4 is 21.3 Å². The summed E-state index contributed by atoms with van der Waals surface area (Å²) in [5.41, 5.74) is 8.75. The first-order valence-electron chi connectivity index (χ1n) is 10.5. The molecule has 4 aromatic heterocycles. The summed E-state index contributed by atoms with van der Waals surface area (Å²) >= 11 is 6.68. The van der Waals surface area contributed by atoms with E-state index in [0.717, 1.165) is 18.4 Å². The van der Waals surface area contributed by atoms with Crippen LogP contribution >= 0.6 is 11.6 Å². The number of fused-ring (bicyclic) bond motifs is 1. The number of hydrogen-bond donors (Lipinski definition) is 2. The molecule has 1 aliphatic rings. The Morgan fingerprint density at radius 1 is 1.30 bits per heavy atom. The van der Waals surface area contributed by atoms with Crippen LogP contribution in [0.25, 0.3) is 16.9 Å². The fourth-order valence-electron chi connectivity index (χ4n) is 3.68. The van der Waals surface area contributed by atoms with Crippen molar-refractivity contribution in [1.82, 2.24) is 24.1 Å². The van der Waals surface area contributed by atoms with Gasteiger partial charge in [-0.25, -0.2) is 4.98 Å². The minimum atomic E-state index is -0.136. The molecule has 0 aliphatic heterocycles. The molecular formula is C23H22ClN7O2. The third-order valence-corrected chi connectivity index (χ3v) is 5.96. The van der Waals surface area contributed by atoms with E-state index in [1.54, 1.807) is 41.6 Å². The highest BCUT2D eigenvalue weighted by Gasteiger charge is 2.25. The summed E-state index contributed by atoms with van der Waals surface area (Å²) in [4.78, 5) is 25.9. The van der Waals surface area contributed by atoms with Gasteiger partial charge < -0.3 is 24.9 Å². The maximum absolute atomic E-state index is 12.7. The van der Waals surface area contributed by atoms with Gasteiger partial charge in [0.05, 0.1) is 6.20 Å². The highest BCUT2D eigenvalue weighted by Crippen LogP contribution is 2.40. The number of aryl methyl sites for hydroxylation is 2. The van der Waals surface area contributed by atoms with E-state index in [1.807, 2.05) is 18.3 Å². The Morgan fingerprint density at radius 3 is 2.82 bits per heavy atom. The summed E-state index contributed by atoms with van der Waals surface area (Å²) < 4.78 is 9.25. The molecule has 10 heteroatoms. The Hall–Kier alpha value is -3.85. The van der Waals surface area contributed by atoms with Gasteiger partial charge in [-0.05, 0) is 42.5 Å². The summed E-state index contributed by atoms with van der Waals surface area (Å²) in [6.07, 6.45) is 8.63. The van der Waals surface area contributed by atoms with Crippen LogP contribution in [0, 0.1) is 0 Å². The molecule has 0 spiro atoms. The number of ether oxygens (including phenoxy) is 1. The Balaban J connectivity index is 1.50. The van der Waals surface area contributed by atoms with Gasteiger partial charge in [-0.2, -0.15) is 4.98 Å². The van der Waals surface area contributed by atoms with Crippen LogP contribution in [0.5, 0.6) is 5.75 Å². The average Bonchev–Trinajstić information content (AvgIpc) is 3.62. The Bertz CT molecular complexity index is 1440. The molecule has 0 radical (unpaired) electrons. The van der Waals surface area contributed by atoms with E-state index in [0.29, 0.717) is 50.9 Å². The number of pyridine rings is 3. The summed E-state index contributed by atoms with van der Waals surface area (Å²) in [5, 5.41) is 3.47. The molecule has 1 aliphatic carbocycles. The number of nitrogens with zero attached hydrogens (tertiary/aromatic N) is 5. The van der Waals surface area contributed by atoms with Gasteiger partial charge in [-0.3, -0.25) is 9.78 Å².